The molecule has 0 atom stereocenters. The Balaban J connectivity index is 3.17. The van der Waals surface area contributed by atoms with Crippen LogP contribution in [0.1, 0.15) is 12.8 Å². The molecule has 0 radical (unpaired) electrons. The van der Waals surface area contributed by atoms with Crippen LogP contribution in [0.4, 0.5) is 0 Å². The highest BCUT2D eigenvalue weighted by atomic mass is 35.6. The summed E-state index contributed by atoms with van der Waals surface area (Å²) >= 11 is 16.2. The molecule has 0 bridgehead atoms. The predicted molar refractivity (Wildman–Crippen MR) is 48.0 cm³/mol. The Labute approximate surface area is 85.5 Å². The second kappa shape index (κ2) is 5.86. The van der Waals surface area contributed by atoms with Gasteiger partial charge in [0.2, 0.25) is 0 Å². The lowest BCUT2D eigenvalue weighted by Crippen LogP contribution is -2.09. The van der Waals surface area contributed by atoms with Gasteiger partial charge in [-0.25, -0.2) is 0 Å². The largest absolute Gasteiger partial charge is 0.481 e. The Morgan fingerprint density at radius 2 is 1.92 bits per heavy atom. The third kappa shape index (κ3) is 10.3. The van der Waals surface area contributed by atoms with Gasteiger partial charge < -0.3 is 9.84 Å². The van der Waals surface area contributed by atoms with E-state index < -0.39 is 9.76 Å². The van der Waals surface area contributed by atoms with E-state index in [0.717, 1.165) is 0 Å². The van der Waals surface area contributed by atoms with Crippen molar-refractivity contribution in [2.75, 3.05) is 13.2 Å². The van der Waals surface area contributed by atoms with Crippen molar-refractivity contribution >= 4 is 40.8 Å². The van der Waals surface area contributed by atoms with Crippen molar-refractivity contribution in [1.29, 1.82) is 0 Å². The van der Waals surface area contributed by atoms with Crippen molar-refractivity contribution < 1.29 is 14.6 Å². The third-order valence-electron chi connectivity index (χ3n) is 0.990. The lowest BCUT2D eigenvalue weighted by atomic mass is 10.4. The molecule has 0 heterocycles. The first-order valence-corrected chi connectivity index (χ1v) is 4.41. The van der Waals surface area contributed by atoms with Crippen LogP contribution >= 0.6 is 34.8 Å². The van der Waals surface area contributed by atoms with Crippen molar-refractivity contribution in [3.63, 3.8) is 0 Å². The molecule has 0 amide bonds. The summed E-state index contributed by atoms with van der Waals surface area (Å²) in [5.74, 6) is -0.899. The molecule has 0 rings (SSSR count). The first kappa shape index (κ1) is 12.3. The Morgan fingerprint density at radius 1 is 1.33 bits per heavy atom. The maximum Gasteiger partial charge on any atom is 0.305 e. The van der Waals surface area contributed by atoms with Gasteiger partial charge >= 0.3 is 5.97 Å². The Kier molecular flexibility index (Phi) is 6.01. The van der Waals surface area contributed by atoms with Crippen LogP contribution in [0.15, 0.2) is 0 Å². The van der Waals surface area contributed by atoms with Crippen LogP contribution in [-0.2, 0) is 9.53 Å². The summed E-state index contributed by atoms with van der Waals surface area (Å²) in [6.45, 7) is 0.403. The lowest BCUT2D eigenvalue weighted by molar-refractivity contribution is -0.138. The Hall–Kier alpha value is 0.300. The molecule has 72 valence electrons. The molecule has 0 aromatic rings. The molecule has 0 aliphatic carbocycles. The minimum absolute atomic E-state index is 0.0279. The van der Waals surface area contributed by atoms with Gasteiger partial charge in [0.15, 0.2) is 3.79 Å². The fourth-order valence-electron chi connectivity index (χ4n) is 0.449. The highest BCUT2D eigenvalue weighted by Gasteiger charge is 2.18. The normalized spacial score (nSPS) is 11.6. The second-order valence-electron chi connectivity index (χ2n) is 2.12. The average molecular weight is 235 g/mol. The van der Waals surface area contributed by atoms with E-state index in [1.165, 1.54) is 0 Å². The van der Waals surface area contributed by atoms with Crippen LogP contribution in [0.5, 0.6) is 0 Å². The fourth-order valence-corrected chi connectivity index (χ4v) is 0.681. The molecule has 3 nitrogen and oxygen atoms in total. The summed E-state index contributed by atoms with van der Waals surface area (Å²) in [5, 5.41) is 8.21. The number of alkyl halides is 3. The SMILES string of the molecule is O=C(O)CCOCCC(Cl)(Cl)Cl. The maximum absolute atomic E-state index is 10.0. The quantitative estimate of drug-likeness (QED) is 0.587. The van der Waals surface area contributed by atoms with Gasteiger partial charge in [-0.05, 0) is 0 Å². The zero-order valence-corrected chi connectivity index (χ0v) is 8.49. The van der Waals surface area contributed by atoms with Crippen molar-refractivity contribution in [1.82, 2.24) is 0 Å². The van der Waals surface area contributed by atoms with Crippen LogP contribution in [0.2, 0.25) is 0 Å². The van der Waals surface area contributed by atoms with E-state index in [1.807, 2.05) is 0 Å². The predicted octanol–water partition coefficient (Wildman–Crippen LogP) is 2.24. The zero-order chi connectivity index (χ0) is 9.61. The summed E-state index contributed by atoms with van der Waals surface area (Å²) < 4.78 is 3.57. The van der Waals surface area contributed by atoms with Gasteiger partial charge in [0, 0.05) is 6.42 Å². The van der Waals surface area contributed by atoms with Crippen LogP contribution in [0.25, 0.3) is 0 Å². The molecule has 6 heteroatoms. The average Bonchev–Trinajstić information content (AvgIpc) is 1.83. The van der Waals surface area contributed by atoms with E-state index >= 15 is 0 Å². The molecule has 0 spiro atoms. The highest BCUT2D eigenvalue weighted by Crippen LogP contribution is 2.29. The van der Waals surface area contributed by atoms with Crippen molar-refractivity contribution in [2.24, 2.45) is 0 Å². The van der Waals surface area contributed by atoms with Crippen molar-refractivity contribution in [3.05, 3.63) is 0 Å². The van der Waals surface area contributed by atoms with Crippen molar-refractivity contribution in [3.8, 4) is 0 Å². The van der Waals surface area contributed by atoms with Crippen LogP contribution in [-0.4, -0.2) is 28.1 Å². The monoisotopic (exact) mass is 234 g/mol. The van der Waals surface area contributed by atoms with E-state index in [2.05, 4.69) is 0 Å². The zero-order valence-electron chi connectivity index (χ0n) is 6.23. The van der Waals surface area contributed by atoms with Crippen LogP contribution in [0, 0.1) is 0 Å². The molecule has 0 aliphatic rings. The molecule has 0 aliphatic heterocycles. The third-order valence-corrected chi connectivity index (χ3v) is 1.56. The summed E-state index contributed by atoms with van der Waals surface area (Å²) in [6, 6.07) is 0. The molecule has 1 N–H and O–H groups in total. The van der Waals surface area contributed by atoms with Gasteiger partial charge in [0.1, 0.15) is 0 Å². The van der Waals surface area contributed by atoms with Gasteiger partial charge in [0.25, 0.3) is 0 Å². The van der Waals surface area contributed by atoms with Crippen molar-refractivity contribution in [2.45, 2.75) is 16.6 Å². The van der Waals surface area contributed by atoms with E-state index in [4.69, 9.17) is 44.6 Å². The number of carbonyl (C=O) groups is 1. The van der Waals surface area contributed by atoms with Gasteiger partial charge in [-0.3, -0.25) is 4.79 Å². The first-order chi connectivity index (χ1) is 5.42. The Morgan fingerprint density at radius 3 is 2.33 bits per heavy atom. The minimum atomic E-state index is -1.32. The summed E-state index contributed by atoms with van der Waals surface area (Å²) in [7, 11) is 0. The van der Waals surface area contributed by atoms with Gasteiger partial charge in [-0.1, -0.05) is 34.8 Å². The molecule has 12 heavy (non-hydrogen) atoms. The molecule has 0 unspecified atom stereocenters. The number of aliphatic carboxylic acids is 1. The summed E-state index contributed by atoms with van der Waals surface area (Å²) in [4.78, 5) is 10.0. The number of carboxylic acids is 1. The fraction of sp³-hybridized carbons (Fsp3) is 0.833. The molecule has 0 saturated carbocycles. The standard InChI is InChI=1S/C6H9Cl3O3/c7-6(8,9)2-4-12-3-1-5(10)11/h1-4H2,(H,10,11). The van der Waals surface area contributed by atoms with E-state index in [-0.39, 0.29) is 26.1 Å². The number of hydrogen-bond acceptors (Lipinski definition) is 2. The van der Waals surface area contributed by atoms with Gasteiger partial charge in [0.05, 0.1) is 19.6 Å². The molecule has 0 saturated heterocycles. The smallest absolute Gasteiger partial charge is 0.305 e. The Bertz CT molecular complexity index is 143. The summed E-state index contributed by atoms with van der Waals surface area (Å²) in [5.41, 5.74) is 0. The number of ether oxygens (including phenoxy) is 1. The number of carboxylic acid groups (broad SMARTS) is 1. The van der Waals surface area contributed by atoms with Crippen LogP contribution < -0.4 is 0 Å². The van der Waals surface area contributed by atoms with Gasteiger partial charge in [-0.15, -0.1) is 0 Å². The van der Waals surface area contributed by atoms with Gasteiger partial charge in [-0.2, -0.15) is 0 Å². The van der Waals surface area contributed by atoms with Crippen LogP contribution in [0.3, 0.4) is 0 Å². The minimum Gasteiger partial charge on any atom is -0.481 e. The van der Waals surface area contributed by atoms with E-state index in [0.29, 0.717) is 0 Å². The molecule has 0 fully saturated rings. The lowest BCUT2D eigenvalue weighted by Gasteiger charge is -2.09. The maximum atomic E-state index is 10.0. The molecule has 0 aromatic carbocycles. The molecular weight excluding hydrogens is 226 g/mol. The molecular formula is C6H9Cl3O3. The highest BCUT2D eigenvalue weighted by molar-refractivity contribution is 6.67. The number of rotatable bonds is 5. The van der Waals surface area contributed by atoms with E-state index in [1.54, 1.807) is 0 Å². The molecule has 0 aromatic heterocycles. The summed E-state index contributed by atoms with van der Waals surface area (Å²) in [6.07, 6.45) is 0.233. The first-order valence-electron chi connectivity index (χ1n) is 3.28. The number of halogens is 3. The topological polar surface area (TPSA) is 46.5 Å². The van der Waals surface area contributed by atoms with E-state index in [9.17, 15) is 4.79 Å². The second-order valence-corrected chi connectivity index (χ2v) is 4.64. The number of hydrogen-bond donors (Lipinski definition) is 1.